The first-order valence-corrected chi connectivity index (χ1v) is 8.68. The van der Waals surface area contributed by atoms with E-state index < -0.39 is 0 Å². The van der Waals surface area contributed by atoms with Crippen molar-refractivity contribution in [3.63, 3.8) is 0 Å². The van der Waals surface area contributed by atoms with Gasteiger partial charge in [-0.2, -0.15) is 0 Å². The number of amides is 1. The van der Waals surface area contributed by atoms with Crippen LogP contribution in [0.2, 0.25) is 5.02 Å². The Morgan fingerprint density at radius 1 is 1.21 bits per heavy atom. The number of halogens is 1. The van der Waals surface area contributed by atoms with E-state index in [2.05, 4.69) is 10.3 Å². The monoisotopic (exact) mass is 358 g/mol. The van der Waals surface area contributed by atoms with Gasteiger partial charge in [0.1, 0.15) is 16.5 Å². The lowest BCUT2D eigenvalue weighted by Gasteiger charge is -2.10. The lowest BCUT2D eigenvalue weighted by molar-refractivity contribution is 0.102. The Morgan fingerprint density at radius 3 is 2.71 bits per heavy atom. The molecule has 24 heavy (non-hydrogen) atoms. The molecule has 4 nitrogen and oxygen atoms in total. The molecule has 6 heteroatoms. The summed E-state index contributed by atoms with van der Waals surface area (Å²) in [5, 5.41) is 6.02. The summed E-state index contributed by atoms with van der Waals surface area (Å²) in [6.07, 6.45) is 0. The summed E-state index contributed by atoms with van der Waals surface area (Å²) in [7, 11) is 0. The third kappa shape index (κ3) is 3.75. The van der Waals surface area contributed by atoms with E-state index in [0.29, 0.717) is 28.8 Å². The van der Waals surface area contributed by atoms with Crippen molar-refractivity contribution in [3.05, 3.63) is 64.6 Å². The van der Waals surface area contributed by atoms with Crippen molar-refractivity contribution in [1.82, 2.24) is 4.98 Å². The Kier molecular flexibility index (Phi) is 5.13. The molecule has 1 amide bonds. The normalized spacial score (nSPS) is 10.4. The maximum Gasteiger partial charge on any atom is 0.275 e. The molecule has 122 valence electrons. The summed E-state index contributed by atoms with van der Waals surface area (Å²) in [4.78, 5) is 16.8. The predicted octanol–water partition coefficient (Wildman–Crippen LogP) is 5.11. The number of thiazole rings is 1. The standard InChI is InChI=1S/C18H15ClN2O2S/c1-2-23-16-6-4-3-5-14(16)20-17(22)15-11-24-18(21-15)12-7-9-13(19)10-8-12/h3-11H,2H2,1H3,(H,20,22). The number of aromatic nitrogens is 1. The molecule has 2 aromatic carbocycles. The highest BCUT2D eigenvalue weighted by atomic mass is 35.5. The molecule has 0 bridgehead atoms. The van der Waals surface area contributed by atoms with E-state index in [4.69, 9.17) is 16.3 Å². The zero-order valence-corrected chi connectivity index (χ0v) is 14.5. The highest BCUT2D eigenvalue weighted by molar-refractivity contribution is 7.13. The Hall–Kier alpha value is -2.37. The summed E-state index contributed by atoms with van der Waals surface area (Å²) in [6, 6.07) is 14.7. The molecule has 0 aliphatic carbocycles. The minimum Gasteiger partial charge on any atom is -0.492 e. The highest BCUT2D eigenvalue weighted by Crippen LogP contribution is 2.27. The highest BCUT2D eigenvalue weighted by Gasteiger charge is 2.14. The van der Waals surface area contributed by atoms with Crippen LogP contribution in [0, 0.1) is 0 Å². The molecule has 3 aromatic rings. The second-order valence-corrected chi connectivity index (χ2v) is 6.22. The van der Waals surface area contributed by atoms with Crippen LogP contribution >= 0.6 is 22.9 Å². The van der Waals surface area contributed by atoms with Gasteiger partial charge in [0.15, 0.2) is 0 Å². The van der Waals surface area contributed by atoms with Crippen molar-refractivity contribution >= 4 is 34.5 Å². The molecule has 0 saturated heterocycles. The van der Waals surface area contributed by atoms with Crippen molar-refractivity contribution < 1.29 is 9.53 Å². The first-order valence-electron chi connectivity index (χ1n) is 7.42. The molecule has 0 unspecified atom stereocenters. The molecular formula is C18H15ClN2O2S. The van der Waals surface area contributed by atoms with Crippen LogP contribution in [-0.4, -0.2) is 17.5 Å². The number of para-hydroxylation sites is 2. The van der Waals surface area contributed by atoms with Crippen molar-refractivity contribution in [2.45, 2.75) is 6.92 Å². The molecule has 0 atom stereocenters. The molecule has 1 N–H and O–H groups in total. The maximum absolute atomic E-state index is 12.4. The summed E-state index contributed by atoms with van der Waals surface area (Å²) in [5.41, 5.74) is 1.93. The minimum atomic E-state index is -0.265. The Labute approximate surface area is 149 Å². The summed E-state index contributed by atoms with van der Waals surface area (Å²) in [5.74, 6) is 0.375. The molecule has 1 aromatic heterocycles. The van der Waals surface area contributed by atoms with Crippen LogP contribution in [0.4, 0.5) is 5.69 Å². The van der Waals surface area contributed by atoms with E-state index in [1.165, 1.54) is 11.3 Å². The third-order valence-corrected chi connectivity index (χ3v) is 4.41. The van der Waals surface area contributed by atoms with E-state index in [9.17, 15) is 4.79 Å². The number of hydrogen-bond acceptors (Lipinski definition) is 4. The lowest BCUT2D eigenvalue weighted by atomic mass is 10.2. The van der Waals surface area contributed by atoms with Gasteiger partial charge in [-0.3, -0.25) is 4.79 Å². The second kappa shape index (κ2) is 7.47. The fourth-order valence-electron chi connectivity index (χ4n) is 2.14. The number of carbonyl (C=O) groups excluding carboxylic acids is 1. The SMILES string of the molecule is CCOc1ccccc1NC(=O)c1csc(-c2ccc(Cl)cc2)n1. The van der Waals surface area contributed by atoms with Crippen molar-refractivity contribution in [3.8, 4) is 16.3 Å². The molecule has 0 fully saturated rings. The van der Waals surface area contributed by atoms with Gasteiger partial charge in [0, 0.05) is 16.0 Å². The van der Waals surface area contributed by atoms with Gasteiger partial charge in [-0.1, -0.05) is 35.9 Å². The number of nitrogens with one attached hydrogen (secondary N) is 1. The summed E-state index contributed by atoms with van der Waals surface area (Å²) < 4.78 is 5.51. The van der Waals surface area contributed by atoms with Crippen LogP contribution in [0.25, 0.3) is 10.6 Å². The fourth-order valence-corrected chi connectivity index (χ4v) is 3.07. The van der Waals surface area contributed by atoms with E-state index in [0.717, 1.165) is 10.6 Å². The first kappa shape index (κ1) is 16.5. The Balaban J connectivity index is 1.78. The van der Waals surface area contributed by atoms with E-state index in [-0.39, 0.29) is 5.91 Å². The van der Waals surface area contributed by atoms with E-state index in [1.54, 1.807) is 23.6 Å². The summed E-state index contributed by atoms with van der Waals surface area (Å²) >= 11 is 7.31. The molecular weight excluding hydrogens is 344 g/mol. The topological polar surface area (TPSA) is 51.2 Å². The first-order chi connectivity index (χ1) is 11.7. The van der Waals surface area contributed by atoms with Crippen molar-refractivity contribution in [2.24, 2.45) is 0 Å². The van der Waals surface area contributed by atoms with E-state index in [1.807, 2.05) is 37.3 Å². The number of benzene rings is 2. The van der Waals surface area contributed by atoms with E-state index >= 15 is 0 Å². The molecule has 0 aliphatic heterocycles. The van der Waals surface area contributed by atoms with Crippen molar-refractivity contribution in [1.29, 1.82) is 0 Å². The van der Waals surface area contributed by atoms with Gasteiger partial charge < -0.3 is 10.1 Å². The van der Waals surface area contributed by atoms with Crippen LogP contribution in [0.3, 0.4) is 0 Å². The van der Waals surface area contributed by atoms with Gasteiger partial charge in [-0.05, 0) is 31.2 Å². The van der Waals surface area contributed by atoms with Gasteiger partial charge in [-0.15, -0.1) is 11.3 Å². The number of carbonyl (C=O) groups is 1. The van der Waals surface area contributed by atoms with Gasteiger partial charge >= 0.3 is 0 Å². The second-order valence-electron chi connectivity index (χ2n) is 4.93. The molecule has 0 spiro atoms. The number of rotatable bonds is 5. The molecule has 0 saturated carbocycles. The van der Waals surface area contributed by atoms with Crippen LogP contribution in [0.15, 0.2) is 53.9 Å². The molecule has 0 radical (unpaired) electrons. The largest absolute Gasteiger partial charge is 0.492 e. The Bertz CT molecular complexity index is 846. The minimum absolute atomic E-state index is 0.265. The predicted molar refractivity (Wildman–Crippen MR) is 98.1 cm³/mol. The van der Waals surface area contributed by atoms with Crippen LogP contribution in [0.5, 0.6) is 5.75 Å². The quantitative estimate of drug-likeness (QED) is 0.689. The van der Waals surface area contributed by atoms with Crippen LogP contribution in [-0.2, 0) is 0 Å². The van der Waals surface area contributed by atoms with Gasteiger partial charge in [0.05, 0.1) is 12.3 Å². The summed E-state index contributed by atoms with van der Waals surface area (Å²) in [6.45, 7) is 2.43. The number of nitrogens with zero attached hydrogens (tertiary/aromatic N) is 1. The average Bonchev–Trinajstić information content (AvgIpc) is 3.08. The third-order valence-electron chi connectivity index (χ3n) is 3.26. The van der Waals surface area contributed by atoms with Crippen LogP contribution in [0.1, 0.15) is 17.4 Å². The lowest BCUT2D eigenvalue weighted by Crippen LogP contribution is -2.13. The number of ether oxygens (including phenoxy) is 1. The number of hydrogen-bond donors (Lipinski definition) is 1. The van der Waals surface area contributed by atoms with Gasteiger partial charge in [-0.25, -0.2) is 4.98 Å². The molecule has 0 aliphatic rings. The fraction of sp³-hybridized carbons (Fsp3) is 0.111. The van der Waals surface area contributed by atoms with Crippen molar-refractivity contribution in [2.75, 3.05) is 11.9 Å². The smallest absolute Gasteiger partial charge is 0.275 e. The Morgan fingerprint density at radius 2 is 1.96 bits per heavy atom. The zero-order valence-electron chi connectivity index (χ0n) is 13.0. The van der Waals surface area contributed by atoms with Gasteiger partial charge in [0.25, 0.3) is 5.91 Å². The molecule has 3 rings (SSSR count). The van der Waals surface area contributed by atoms with Crippen LogP contribution < -0.4 is 10.1 Å². The molecule has 1 heterocycles. The zero-order chi connectivity index (χ0) is 16.9. The number of anilines is 1. The van der Waals surface area contributed by atoms with Gasteiger partial charge in [0.2, 0.25) is 0 Å². The maximum atomic E-state index is 12.4. The average molecular weight is 359 g/mol.